The molecule has 4 nitrogen and oxygen atoms in total. The first-order valence-electron chi connectivity index (χ1n) is 7.41. The SMILES string of the molecule is CC1=CCC(NC(=O)c2cc(-c3cnccc3C)c(F)cc2F)=N1. The number of benzene rings is 1. The summed E-state index contributed by atoms with van der Waals surface area (Å²) in [4.78, 5) is 20.4. The Labute approximate surface area is 138 Å². The maximum absolute atomic E-state index is 14.2. The molecule has 0 atom stereocenters. The van der Waals surface area contributed by atoms with E-state index in [1.165, 1.54) is 12.3 Å². The number of nitrogens with zero attached hydrogens (tertiary/aromatic N) is 2. The van der Waals surface area contributed by atoms with Crippen molar-refractivity contribution in [3.63, 3.8) is 0 Å². The van der Waals surface area contributed by atoms with E-state index in [0.29, 0.717) is 17.8 Å². The van der Waals surface area contributed by atoms with Gasteiger partial charge in [0, 0.05) is 41.7 Å². The molecule has 3 rings (SSSR count). The van der Waals surface area contributed by atoms with Crippen molar-refractivity contribution in [1.82, 2.24) is 10.3 Å². The molecule has 122 valence electrons. The number of nitrogens with one attached hydrogen (secondary N) is 1. The highest BCUT2D eigenvalue weighted by Gasteiger charge is 2.19. The maximum Gasteiger partial charge on any atom is 0.259 e. The van der Waals surface area contributed by atoms with Crippen LogP contribution in [0.3, 0.4) is 0 Å². The van der Waals surface area contributed by atoms with E-state index in [4.69, 9.17) is 0 Å². The number of pyridine rings is 1. The molecule has 1 aromatic heterocycles. The molecule has 1 aliphatic heterocycles. The molecule has 0 bridgehead atoms. The minimum atomic E-state index is -0.918. The maximum atomic E-state index is 14.2. The van der Waals surface area contributed by atoms with E-state index >= 15 is 0 Å². The average molecular weight is 327 g/mol. The van der Waals surface area contributed by atoms with E-state index in [1.54, 1.807) is 26.1 Å². The van der Waals surface area contributed by atoms with Crippen LogP contribution < -0.4 is 5.32 Å². The number of aryl methyl sites for hydroxylation is 1. The van der Waals surface area contributed by atoms with E-state index in [0.717, 1.165) is 17.3 Å². The van der Waals surface area contributed by atoms with E-state index in [9.17, 15) is 13.6 Å². The van der Waals surface area contributed by atoms with Gasteiger partial charge in [0.05, 0.1) is 5.56 Å². The van der Waals surface area contributed by atoms with E-state index in [2.05, 4.69) is 15.3 Å². The number of allylic oxidation sites excluding steroid dienone is 1. The van der Waals surface area contributed by atoms with Crippen LogP contribution >= 0.6 is 0 Å². The van der Waals surface area contributed by atoms with Crippen LogP contribution in [0.5, 0.6) is 0 Å². The molecule has 2 heterocycles. The number of hydrogen-bond donors (Lipinski definition) is 1. The average Bonchev–Trinajstić information content (AvgIpc) is 2.93. The molecule has 0 radical (unpaired) electrons. The van der Waals surface area contributed by atoms with Gasteiger partial charge >= 0.3 is 0 Å². The zero-order valence-corrected chi connectivity index (χ0v) is 13.2. The fourth-order valence-corrected chi connectivity index (χ4v) is 2.50. The van der Waals surface area contributed by atoms with Crippen LogP contribution in [0, 0.1) is 18.6 Å². The molecule has 24 heavy (non-hydrogen) atoms. The monoisotopic (exact) mass is 327 g/mol. The standard InChI is InChI=1S/C18H15F2N3O/c1-10-5-6-21-9-14(10)12-7-13(16(20)8-15(12)19)18(24)23-17-4-3-11(2)22-17/h3,5-9H,4H2,1-2H3,(H,22,23,24). The highest BCUT2D eigenvalue weighted by molar-refractivity contribution is 6.08. The number of amidine groups is 1. The second-order valence-electron chi connectivity index (χ2n) is 5.56. The van der Waals surface area contributed by atoms with Gasteiger partial charge in [-0.1, -0.05) is 6.08 Å². The van der Waals surface area contributed by atoms with Gasteiger partial charge in [-0.3, -0.25) is 9.78 Å². The summed E-state index contributed by atoms with van der Waals surface area (Å²) in [7, 11) is 0. The molecular formula is C18H15F2N3O. The number of rotatable bonds is 2. The Morgan fingerprint density at radius 3 is 2.62 bits per heavy atom. The summed E-state index contributed by atoms with van der Waals surface area (Å²) in [5, 5.41) is 2.56. The number of aromatic nitrogens is 1. The fourth-order valence-electron chi connectivity index (χ4n) is 2.50. The lowest BCUT2D eigenvalue weighted by atomic mass is 9.99. The number of halogens is 2. The third-order valence-electron chi connectivity index (χ3n) is 3.79. The van der Waals surface area contributed by atoms with Crippen LogP contribution in [-0.2, 0) is 0 Å². The predicted octanol–water partition coefficient (Wildman–Crippen LogP) is 3.77. The summed E-state index contributed by atoms with van der Waals surface area (Å²) in [6.07, 6.45) is 5.40. The van der Waals surface area contributed by atoms with Gasteiger partial charge in [0.1, 0.15) is 17.5 Å². The van der Waals surface area contributed by atoms with E-state index in [1.807, 2.05) is 6.08 Å². The molecule has 1 aromatic carbocycles. The van der Waals surface area contributed by atoms with Crippen molar-refractivity contribution in [3.8, 4) is 11.1 Å². The van der Waals surface area contributed by atoms with Gasteiger partial charge in [-0.25, -0.2) is 13.8 Å². The van der Waals surface area contributed by atoms with Gasteiger partial charge in [0.15, 0.2) is 0 Å². The predicted molar refractivity (Wildman–Crippen MR) is 87.6 cm³/mol. The lowest BCUT2D eigenvalue weighted by molar-refractivity contribution is 0.0972. The number of carbonyl (C=O) groups excluding carboxylic acids is 1. The van der Waals surface area contributed by atoms with Crippen LogP contribution in [0.2, 0.25) is 0 Å². The van der Waals surface area contributed by atoms with Crippen molar-refractivity contribution in [1.29, 1.82) is 0 Å². The Bertz CT molecular complexity index is 888. The van der Waals surface area contributed by atoms with Crippen molar-refractivity contribution in [2.24, 2.45) is 4.99 Å². The lowest BCUT2D eigenvalue weighted by Crippen LogP contribution is -2.30. The molecule has 0 saturated carbocycles. The largest absolute Gasteiger partial charge is 0.310 e. The first kappa shape index (κ1) is 16.0. The fraction of sp³-hybridized carbons (Fsp3) is 0.167. The number of hydrogen-bond acceptors (Lipinski definition) is 3. The minimum Gasteiger partial charge on any atom is -0.310 e. The highest BCUT2D eigenvalue weighted by atomic mass is 19.1. The number of amides is 1. The molecule has 0 spiro atoms. The van der Waals surface area contributed by atoms with Gasteiger partial charge in [0.25, 0.3) is 5.91 Å². The summed E-state index contributed by atoms with van der Waals surface area (Å²) in [5.41, 5.74) is 1.98. The topological polar surface area (TPSA) is 54.4 Å². The molecule has 0 unspecified atom stereocenters. The summed E-state index contributed by atoms with van der Waals surface area (Å²) < 4.78 is 28.3. The highest BCUT2D eigenvalue weighted by Crippen LogP contribution is 2.27. The lowest BCUT2D eigenvalue weighted by Gasteiger charge is -2.11. The van der Waals surface area contributed by atoms with Crippen molar-refractivity contribution in [3.05, 3.63) is 65.1 Å². The van der Waals surface area contributed by atoms with Crippen molar-refractivity contribution >= 4 is 11.7 Å². The van der Waals surface area contributed by atoms with Crippen LogP contribution in [0.15, 0.2) is 47.4 Å². The number of carbonyl (C=O) groups is 1. The summed E-state index contributed by atoms with van der Waals surface area (Å²) >= 11 is 0. The first-order valence-corrected chi connectivity index (χ1v) is 7.41. The third-order valence-corrected chi connectivity index (χ3v) is 3.79. The van der Waals surface area contributed by atoms with Crippen molar-refractivity contribution < 1.29 is 13.6 Å². The molecule has 2 aromatic rings. The van der Waals surface area contributed by atoms with Crippen LogP contribution in [0.4, 0.5) is 8.78 Å². The Kier molecular flexibility index (Phi) is 4.20. The smallest absolute Gasteiger partial charge is 0.259 e. The zero-order chi connectivity index (χ0) is 17.3. The van der Waals surface area contributed by atoms with Gasteiger partial charge < -0.3 is 5.32 Å². The third kappa shape index (κ3) is 3.08. The quantitative estimate of drug-likeness (QED) is 0.913. The van der Waals surface area contributed by atoms with Gasteiger partial charge in [-0.15, -0.1) is 0 Å². The Balaban J connectivity index is 1.97. The van der Waals surface area contributed by atoms with Gasteiger partial charge in [-0.05, 0) is 31.5 Å². The molecule has 6 heteroatoms. The van der Waals surface area contributed by atoms with Crippen LogP contribution in [0.1, 0.15) is 29.3 Å². The van der Waals surface area contributed by atoms with Gasteiger partial charge in [0.2, 0.25) is 0 Å². The minimum absolute atomic E-state index is 0.134. The summed E-state index contributed by atoms with van der Waals surface area (Å²) in [6.45, 7) is 3.60. The van der Waals surface area contributed by atoms with Crippen molar-refractivity contribution in [2.75, 3.05) is 0 Å². The van der Waals surface area contributed by atoms with E-state index < -0.39 is 17.5 Å². The summed E-state index contributed by atoms with van der Waals surface area (Å²) in [6, 6.07) is 3.65. The first-order chi connectivity index (χ1) is 11.5. The summed E-state index contributed by atoms with van der Waals surface area (Å²) in [5.74, 6) is -1.87. The normalized spacial score (nSPS) is 13.5. The molecular weight excluding hydrogens is 312 g/mol. The molecule has 0 saturated heterocycles. The van der Waals surface area contributed by atoms with Crippen LogP contribution in [-0.4, -0.2) is 16.7 Å². The Hall–Kier alpha value is -2.89. The van der Waals surface area contributed by atoms with Gasteiger partial charge in [-0.2, -0.15) is 0 Å². The Morgan fingerprint density at radius 1 is 1.17 bits per heavy atom. The molecule has 1 N–H and O–H groups in total. The molecule has 0 aliphatic carbocycles. The van der Waals surface area contributed by atoms with Crippen molar-refractivity contribution in [2.45, 2.75) is 20.3 Å². The van der Waals surface area contributed by atoms with E-state index in [-0.39, 0.29) is 11.1 Å². The second-order valence-corrected chi connectivity index (χ2v) is 5.56. The van der Waals surface area contributed by atoms with Crippen LogP contribution in [0.25, 0.3) is 11.1 Å². The Morgan fingerprint density at radius 2 is 1.96 bits per heavy atom. The molecule has 0 fully saturated rings. The second kappa shape index (κ2) is 6.31. The zero-order valence-electron chi connectivity index (χ0n) is 13.2. The number of aliphatic imine (C=N–C) groups is 1. The molecule has 1 aliphatic rings. The molecule has 1 amide bonds.